The molecule has 0 atom stereocenters. The van der Waals surface area contributed by atoms with E-state index in [1.54, 1.807) is 12.1 Å². The van der Waals surface area contributed by atoms with Gasteiger partial charge in [0, 0.05) is 17.8 Å². The Bertz CT molecular complexity index is 606. The molecule has 0 saturated carbocycles. The van der Waals surface area contributed by atoms with E-state index in [-0.39, 0.29) is 5.82 Å². The van der Waals surface area contributed by atoms with Gasteiger partial charge in [-0.25, -0.2) is 4.39 Å². The van der Waals surface area contributed by atoms with Crippen LogP contribution in [-0.4, -0.2) is 6.54 Å². The summed E-state index contributed by atoms with van der Waals surface area (Å²) in [5.74, 6) is -0.213. The number of hydrogen-bond donors (Lipinski definition) is 1. The van der Waals surface area contributed by atoms with Crippen LogP contribution in [0.25, 0.3) is 11.3 Å². The van der Waals surface area contributed by atoms with E-state index in [2.05, 4.69) is 25.1 Å². The zero-order valence-corrected chi connectivity index (χ0v) is 14.7. The van der Waals surface area contributed by atoms with Crippen LogP contribution in [0.1, 0.15) is 38.8 Å². The fourth-order valence-corrected chi connectivity index (χ4v) is 2.08. The Hall–Kier alpha value is -2.35. The first-order chi connectivity index (χ1) is 11.2. The average Bonchev–Trinajstić information content (AvgIpc) is 2.62. The molecular formula is C21H28FN. The molecule has 1 heterocycles. The molecule has 1 aromatic rings. The van der Waals surface area contributed by atoms with Crippen molar-refractivity contribution in [3.8, 4) is 0 Å². The van der Waals surface area contributed by atoms with Crippen molar-refractivity contribution in [3.05, 3.63) is 84.8 Å². The number of nitrogens with one attached hydrogen (secondary N) is 1. The maximum absolute atomic E-state index is 14.0. The summed E-state index contributed by atoms with van der Waals surface area (Å²) in [7, 11) is 0. The van der Waals surface area contributed by atoms with Gasteiger partial charge in [0.15, 0.2) is 0 Å². The molecule has 0 bridgehead atoms. The zero-order valence-electron chi connectivity index (χ0n) is 14.7. The quantitative estimate of drug-likeness (QED) is 0.522. The minimum absolute atomic E-state index is 0.213. The highest BCUT2D eigenvalue weighted by molar-refractivity contribution is 5.77. The zero-order chi connectivity index (χ0) is 17.8. The number of allylic oxidation sites excluding steroid dienone is 5. The molecule has 1 aromatic carbocycles. The van der Waals surface area contributed by atoms with Crippen LogP contribution in [-0.2, 0) is 0 Å². The van der Waals surface area contributed by atoms with Crippen molar-refractivity contribution in [2.75, 3.05) is 6.54 Å². The first-order valence-electron chi connectivity index (χ1n) is 7.86. The third kappa shape index (κ3) is 5.74. The van der Waals surface area contributed by atoms with Gasteiger partial charge in [-0.3, -0.25) is 0 Å². The van der Waals surface area contributed by atoms with Crippen LogP contribution in [0, 0.1) is 5.82 Å². The SMILES string of the molecule is C=C.C=C/C(=C\C)c1ccc(F)c(C2=CC=C(C)CN2)c1.CC. The van der Waals surface area contributed by atoms with E-state index in [4.69, 9.17) is 0 Å². The summed E-state index contributed by atoms with van der Waals surface area (Å²) in [4.78, 5) is 0. The fourth-order valence-electron chi connectivity index (χ4n) is 2.08. The van der Waals surface area contributed by atoms with Crippen molar-refractivity contribution in [1.29, 1.82) is 0 Å². The summed E-state index contributed by atoms with van der Waals surface area (Å²) in [6, 6.07) is 5.14. The number of dihydropyridines is 1. The lowest BCUT2D eigenvalue weighted by Crippen LogP contribution is -2.18. The van der Waals surface area contributed by atoms with E-state index in [1.807, 2.05) is 52.0 Å². The van der Waals surface area contributed by atoms with Gasteiger partial charge in [-0.1, -0.05) is 50.3 Å². The first kappa shape index (κ1) is 20.6. The van der Waals surface area contributed by atoms with E-state index in [1.165, 1.54) is 11.6 Å². The van der Waals surface area contributed by atoms with Crippen LogP contribution in [0.3, 0.4) is 0 Å². The third-order valence-corrected chi connectivity index (χ3v) is 3.21. The Morgan fingerprint density at radius 2 is 1.87 bits per heavy atom. The van der Waals surface area contributed by atoms with E-state index < -0.39 is 0 Å². The molecule has 1 nitrogen and oxygen atoms in total. The Morgan fingerprint density at radius 3 is 2.35 bits per heavy atom. The molecule has 1 aliphatic rings. The van der Waals surface area contributed by atoms with Gasteiger partial charge in [0.1, 0.15) is 5.82 Å². The molecular weight excluding hydrogens is 285 g/mol. The molecule has 1 N–H and O–H groups in total. The first-order valence-corrected chi connectivity index (χ1v) is 7.86. The van der Waals surface area contributed by atoms with Crippen molar-refractivity contribution >= 4 is 11.3 Å². The van der Waals surface area contributed by atoms with Gasteiger partial charge in [-0.2, -0.15) is 0 Å². The summed E-state index contributed by atoms with van der Waals surface area (Å²) >= 11 is 0. The molecule has 0 amide bonds. The van der Waals surface area contributed by atoms with E-state index in [0.717, 1.165) is 23.4 Å². The van der Waals surface area contributed by atoms with Gasteiger partial charge < -0.3 is 5.32 Å². The maximum atomic E-state index is 14.0. The van der Waals surface area contributed by atoms with Crippen molar-refractivity contribution in [2.45, 2.75) is 27.7 Å². The lowest BCUT2D eigenvalue weighted by atomic mass is 9.99. The van der Waals surface area contributed by atoms with E-state index in [0.29, 0.717) is 5.56 Å². The van der Waals surface area contributed by atoms with Gasteiger partial charge in [-0.15, -0.1) is 13.2 Å². The molecule has 0 radical (unpaired) electrons. The summed E-state index contributed by atoms with van der Waals surface area (Å²) in [6.45, 7) is 18.5. The number of halogens is 1. The van der Waals surface area contributed by atoms with Crippen LogP contribution in [0.2, 0.25) is 0 Å². The van der Waals surface area contributed by atoms with Crippen molar-refractivity contribution < 1.29 is 4.39 Å². The molecule has 0 fully saturated rings. The molecule has 0 spiro atoms. The topological polar surface area (TPSA) is 12.0 Å². The molecule has 1 aliphatic heterocycles. The molecule has 2 heteroatoms. The maximum Gasteiger partial charge on any atom is 0.132 e. The lowest BCUT2D eigenvalue weighted by molar-refractivity contribution is 0.622. The molecule has 0 unspecified atom stereocenters. The second-order valence-electron chi connectivity index (χ2n) is 4.59. The Labute approximate surface area is 140 Å². The fraction of sp³-hybridized carbons (Fsp3) is 0.238. The van der Waals surface area contributed by atoms with Gasteiger partial charge in [0.2, 0.25) is 0 Å². The predicted octanol–water partition coefficient (Wildman–Crippen LogP) is 6.13. The molecule has 0 aliphatic carbocycles. The summed E-state index contributed by atoms with van der Waals surface area (Å²) in [6.07, 6.45) is 7.69. The van der Waals surface area contributed by atoms with Gasteiger partial charge in [0.25, 0.3) is 0 Å². The predicted molar refractivity (Wildman–Crippen MR) is 103 cm³/mol. The molecule has 0 aromatic heterocycles. The average molecular weight is 313 g/mol. The van der Waals surface area contributed by atoms with Gasteiger partial charge >= 0.3 is 0 Å². The molecule has 2 rings (SSSR count). The second kappa shape index (κ2) is 11.2. The van der Waals surface area contributed by atoms with Crippen LogP contribution in [0.15, 0.2) is 67.8 Å². The molecule has 23 heavy (non-hydrogen) atoms. The van der Waals surface area contributed by atoms with Crippen LogP contribution in [0.5, 0.6) is 0 Å². The van der Waals surface area contributed by atoms with Crippen molar-refractivity contribution in [3.63, 3.8) is 0 Å². The summed E-state index contributed by atoms with van der Waals surface area (Å²) < 4.78 is 14.0. The van der Waals surface area contributed by atoms with Crippen LogP contribution < -0.4 is 5.32 Å². The minimum atomic E-state index is -0.213. The molecule has 0 saturated heterocycles. The van der Waals surface area contributed by atoms with Gasteiger partial charge in [-0.05, 0) is 43.2 Å². The Balaban J connectivity index is 0.00000112. The highest BCUT2D eigenvalue weighted by Gasteiger charge is 2.11. The second-order valence-corrected chi connectivity index (χ2v) is 4.59. The number of hydrogen-bond acceptors (Lipinski definition) is 1. The number of rotatable bonds is 3. The minimum Gasteiger partial charge on any atom is -0.381 e. The smallest absolute Gasteiger partial charge is 0.132 e. The monoisotopic (exact) mass is 313 g/mol. The van der Waals surface area contributed by atoms with Crippen LogP contribution >= 0.6 is 0 Å². The Kier molecular flexibility index (Phi) is 10.1. The van der Waals surface area contributed by atoms with Crippen molar-refractivity contribution in [2.24, 2.45) is 0 Å². The normalized spacial score (nSPS) is 13.2. The highest BCUT2D eigenvalue weighted by atomic mass is 19.1. The highest BCUT2D eigenvalue weighted by Crippen LogP contribution is 2.24. The standard InChI is InChI=1S/C17H18FN.C2H6.C2H4/c1-4-13(5-2)14-7-8-16(18)15(10-14)17-9-6-12(3)11-19-17;2*1-2/h4-10,19H,1,11H2,2-3H3;1-2H3;1-2H2/b13-5+;;. The third-order valence-electron chi connectivity index (χ3n) is 3.21. The number of benzene rings is 1. The van der Waals surface area contributed by atoms with E-state index in [9.17, 15) is 4.39 Å². The lowest BCUT2D eigenvalue weighted by Gasteiger charge is -2.17. The van der Waals surface area contributed by atoms with Crippen LogP contribution in [0.4, 0.5) is 4.39 Å². The summed E-state index contributed by atoms with van der Waals surface area (Å²) in [5, 5.41) is 3.24. The van der Waals surface area contributed by atoms with Crippen molar-refractivity contribution in [1.82, 2.24) is 5.32 Å². The Morgan fingerprint density at radius 1 is 1.22 bits per heavy atom. The largest absolute Gasteiger partial charge is 0.381 e. The summed E-state index contributed by atoms with van der Waals surface area (Å²) in [5.41, 5.74) is 4.64. The van der Waals surface area contributed by atoms with Gasteiger partial charge in [0.05, 0.1) is 0 Å². The molecule has 124 valence electrons. The van der Waals surface area contributed by atoms with E-state index >= 15 is 0 Å².